The van der Waals surface area contributed by atoms with Crippen LogP contribution in [0.5, 0.6) is 5.75 Å². The quantitative estimate of drug-likeness (QED) is 0.840. The Morgan fingerprint density at radius 3 is 2.88 bits per heavy atom. The van der Waals surface area contributed by atoms with E-state index in [1.807, 2.05) is 24.3 Å². The average molecular weight is 235 g/mol. The van der Waals surface area contributed by atoms with Gasteiger partial charge in [-0.1, -0.05) is 18.6 Å². The van der Waals surface area contributed by atoms with Crippen molar-refractivity contribution in [2.75, 3.05) is 6.54 Å². The summed E-state index contributed by atoms with van der Waals surface area (Å²) in [6.45, 7) is 0.756. The Bertz CT molecular complexity index is 354. The maximum absolute atomic E-state index is 9.09. The molecule has 3 N–H and O–H groups in total. The molecule has 94 valence electrons. The van der Waals surface area contributed by atoms with E-state index in [9.17, 15) is 0 Å². The van der Waals surface area contributed by atoms with E-state index in [-0.39, 0.29) is 12.7 Å². The lowest BCUT2D eigenvalue weighted by Crippen LogP contribution is -2.35. The normalized spacial score (nSPS) is 24.6. The Hall–Kier alpha value is -1.06. The van der Waals surface area contributed by atoms with Crippen LogP contribution in [0.3, 0.4) is 0 Å². The second kappa shape index (κ2) is 6.03. The molecule has 2 atom stereocenters. The van der Waals surface area contributed by atoms with E-state index in [4.69, 9.17) is 15.6 Å². The van der Waals surface area contributed by atoms with Crippen LogP contribution in [0.4, 0.5) is 0 Å². The number of hydrogen-bond acceptors (Lipinski definition) is 3. The van der Waals surface area contributed by atoms with Crippen molar-refractivity contribution in [1.82, 2.24) is 0 Å². The Kier molecular flexibility index (Phi) is 4.40. The first-order valence-electron chi connectivity index (χ1n) is 6.40. The first-order valence-corrected chi connectivity index (χ1v) is 6.40. The first-order chi connectivity index (χ1) is 8.33. The molecule has 1 saturated carbocycles. The maximum Gasteiger partial charge on any atom is 0.120 e. The minimum Gasteiger partial charge on any atom is -0.490 e. The third-order valence-electron chi connectivity index (χ3n) is 3.51. The van der Waals surface area contributed by atoms with Gasteiger partial charge in [0.2, 0.25) is 0 Å². The summed E-state index contributed by atoms with van der Waals surface area (Å²) in [5, 5.41) is 9.09. The van der Waals surface area contributed by atoms with E-state index in [2.05, 4.69) is 0 Å². The number of benzene rings is 1. The molecular formula is C14H21NO2. The highest BCUT2D eigenvalue weighted by molar-refractivity contribution is 5.28. The summed E-state index contributed by atoms with van der Waals surface area (Å²) in [5.41, 5.74) is 6.67. The lowest BCUT2D eigenvalue weighted by atomic mass is 9.86. The van der Waals surface area contributed by atoms with Gasteiger partial charge in [0.25, 0.3) is 0 Å². The van der Waals surface area contributed by atoms with Crippen molar-refractivity contribution in [3.8, 4) is 5.75 Å². The summed E-state index contributed by atoms with van der Waals surface area (Å²) in [7, 11) is 0. The molecule has 3 heteroatoms. The largest absolute Gasteiger partial charge is 0.490 e. The highest BCUT2D eigenvalue weighted by atomic mass is 16.5. The van der Waals surface area contributed by atoms with Crippen molar-refractivity contribution in [3.05, 3.63) is 29.8 Å². The molecule has 1 fully saturated rings. The van der Waals surface area contributed by atoms with Gasteiger partial charge in [0, 0.05) is 5.92 Å². The zero-order chi connectivity index (χ0) is 12.1. The van der Waals surface area contributed by atoms with E-state index in [1.54, 1.807) is 0 Å². The van der Waals surface area contributed by atoms with Gasteiger partial charge in [0.15, 0.2) is 0 Å². The number of aliphatic hydroxyl groups is 1. The molecule has 1 aromatic rings. The van der Waals surface area contributed by atoms with Crippen LogP contribution in [0.15, 0.2) is 24.3 Å². The van der Waals surface area contributed by atoms with Crippen molar-refractivity contribution in [3.63, 3.8) is 0 Å². The second-order valence-corrected chi connectivity index (χ2v) is 4.74. The minimum atomic E-state index is 0.0577. The summed E-state index contributed by atoms with van der Waals surface area (Å²) < 4.78 is 6.01. The standard InChI is InChI=1S/C14H21NO2/c15-9-12-5-1-2-7-14(12)17-13-6-3-4-11(8-13)10-16/h3-4,6,8,12,14,16H,1-2,5,7,9-10,15H2. The number of ether oxygens (including phenoxy) is 1. The molecule has 0 bridgehead atoms. The topological polar surface area (TPSA) is 55.5 Å². The maximum atomic E-state index is 9.09. The molecule has 0 aliphatic heterocycles. The van der Waals surface area contributed by atoms with Gasteiger partial charge in [-0.2, -0.15) is 0 Å². The van der Waals surface area contributed by atoms with Gasteiger partial charge in [0.1, 0.15) is 11.9 Å². The molecule has 0 spiro atoms. The Labute approximate surface area is 103 Å². The molecule has 2 unspecified atom stereocenters. The van der Waals surface area contributed by atoms with Crippen molar-refractivity contribution in [2.24, 2.45) is 11.7 Å². The molecule has 0 aromatic heterocycles. The van der Waals surface area contributed by atoms with Crippen molar-refractivity contribution >= 4 is 0 Å². The van der Waals surface area contributed by atoms with Gasteiger partial charge in [-0.25, -0.2) is 0 Å². The molecule has 0 heterocycles. The van der Waals surface area contributed by atoms with Gasteiger partial charge in [-0.15, -0.1) is 0 Å². The molecule has 1 aromatic carbocycles. The Morgan fingerprint density at radius 2 is 2.12 bits per heavy atom. The minimum absolute atomic E-state index is 0.0577. The smallest absolute Gasteiger partial charge is 0.120 e. The molecule has 2 rings (SSSR count). The number of nitrogens with two attached hydrogens (primary N) is 1. The van der Waals surface area contributed by atoms with Crippen LogP contribution in [0.2, 0.25) is 0 Å². The van der Waals surface area contributed by atoms with Gasteiger partial charge in [-0.3, -0.25) is 0 Å². The fourth-order valence-electron chi connectivity index (χ4n) is 2.49. The zero-order valence-electron chi connectivity index (χ0n) is 10.1. The average Bonchev–Trinajstić information content (AvgIpc) is 2.39. The molecule has 1 aliphatic carbocycles. The summed E-state index contributed by atoms with van der Waals surface area (Å²) in [6, 6.07) is 7.67. The van der Waals surface area contributed by atoms with Gasteiger partial charge >= 0.3 is 0 Å². The summed E-state index contributed by atoms with van der Waals surface area (Å²) in [5.74, 6) is 1.32. The van der Waals surface area contributed by atoms with E-state index < -0.39 is 0 Å². The van der Waals surface area contributed by atoms with Crippen LogP contribution in [0, 0.1) is 5.92 Å². The number of aliphatic hydroxyl groups excluding tert-OH is 1. The SMILES string of the molecule is NCC1CCCCC1Oc1cccc(CO)c1. The van der Waals surface area contributed by atoms with E-state index in [1.165, 1.54) is 19.3 Å². The monoisotopic (exact) mass is 235 g/mol. The predicted octanol–water partition coefficient (Wildman–Crippen LogP) is 2.08. The predicted molar refractivity (Wildman–Crippen MR) is 67.8 cm³/mol. The molecule has 1 aliphatic rings. The van der Waals surface area contributed by atoms with Crippen molar-refractivity contribution in [2.45, 2.75) is 38.4 Å². The number of hydrogen-bond donors (Lipinski definition) is 2. The Balaban J connectivity index is 2.02. The number of rotatable bonds is 4. The molecule has 0 amide bonds. The van der Waals surface area contributed by atoms with Crippen LogP contribution in [0.1, 0.15) is 31.2 Å². The fourth-order valence-corrected chi connectivity index (χ4v) is 2.49. The Morgan fingerprint density at radius 1 is 1.29 bits per heavy atom. The summed E-state index contributed by atoms with van der Waals surface area (Å²) >= 11 is 0. The van der Waals surface area contributed by atoms with Crippen LogP contribution < -0.4 is 10.5 Å². The van der Waals surface area contributed by atoms with Crippen LogP contribution in [-0.4, -0.2) is 17.8 Å². The van der Waals surface area contributed by atoms with Crippen molar-refractivity contribution < 1.29 is 9.84 Å². The molecule has 0 radical (unpaired) electrons. The van der Waals surface area contributed by atoms with Gasteiger partial charge in [0.05, 0.1) is 6.61 Å². The van der Waals surface area contributed by atoms with Gasteiger partial charge in [-0.05, 0) is 43.5 Å². The highest BCUT2D eigenvalue weighted by Gasteiger charge is 2.25. The zero-order valence-corrected chi connectivity index (χ0v) is 10.1. The van der Waals surface area contributed by atoms with Crippen LogP contribution in [-0.2, 0) is 6.61 Å². The molecule has 17 heavy (non-hydrogen) atoms. The summed E-state index contributed by atoms with van der Waals surface area (Å²) in [4.78, 5) is 0. The lowest BCUT2D eigenvalue weighted by molar-refractivity contribution is 0.0968. The van der Waals surface area contributed by atoms with E-state index >= 15 is 0 Å². The molecule has 0 saturated heterocycles. The molecule has 3 nitrogen and oxygen atoms in total. The summed E-state index contributed by atoms with van der Waals surface area (Å²) in [6.07, 6.45) is 4.98. The first kappa shape index (κ1) is 12.4. The van der Waals surface area contributed by atoms with Crippen molar-refractivity contribution in [1.29, 1.82) is 0 Å². The van der Waals surface area contributed by atoms with Gasteiger partial charge < -0.3 is 15.6 Å². The second-order valence-electron chi connectivity index (χ2n) is 4.74. The fraction of sp³-hybridized carbons (Fsp3) is 0.571. The third-order valence-corrected chi connectivity index (χ3v) is 3.51. The van der Waals surface area contributed by atoms with E-state index in [0.717, 1.165) is 17.7 Å². The molecular weight excluding hydrogens is 214 g/mol. The van der Waals surface area contributed by atoms with E-state index in [0.29, 0.717) is 12.5 Å². The highest BCUT2D eigenvalue weighted by Crippen LogP contribution is 2.28. The third kappa shape index (κ3) is 3.20. The van der Waals surface area contributed by atoms with Crippen LogP contribution >= 0.6 is 0 Å². The van der Waals surface area contributed by atoms with Crippen LogP contribution in [0.25, 0.3) is 0 Å². The lowest BCUT2D eigenvalue weighted by Gasteiger charge is -2.31.